The Morgan fingerprint density at radius 3 is 2.61 bits per heavy atom. The number of anilines is 1. The number of aryl methyl sites for hydroxylation is 2. The molecule has 1 aliphatic rings. The normalized spacial score (nSPS) is 15.3. The zero-order valence-electron chi connectivity index (χ0n) is 17.8. The number of morpholine rings is 1. The Labute approximate surface area is 182 Å². The molecule has 2 aromatic carbocycles. The van der Waals surface area contributed by atoms with Crippen LogP contribution in [0.3, 0.4) is 0 Å². The number of benzene rings is 2. The SMILES string of the molecule is CCCn1ccc2cc(NC(=O)c3cc(S(=O)(=O)N4CCOCC4)ccc3C)ccc21. The number of carbonyl (C=O) groups excluding carboxylic acids is 1. The number of rotatable bonds is 6. The van der Waals surface area contributed by atoms with E-state index in [4.69, 9.17) is 4.74 Å². The first-order chi connectivity index (χ1) is 14.9. The lowest BCUT2D eigenvalue weighted by molar-refractivity contribution is 0.0730. The number of carbonyl (C=O) groups is 1. The molecule has 0 bridgehead atoms. The van der Waals surface area contributed by atoms with Gasteiger partial charge >= 0.3 is 0 Å². The molecule has 4 rings (SSSR count). The third-order valence-electron chi connectivity index (χ3n) is 5.55. The molecule has 0 spiro atoms. The van der Waals surface area contributed by atoms with Crippen LogP contribution in [-0.4, -0.2) is 49.5 Å². The molecule has 7 nitrogen and oxygen atoms in total. The van der Waals surface area contributed by atoms with Gasteiger partial charge in [-0.15, -0.1) is 0 Å². The number of hydrogen-bond donors (Lipinski definition) is 1. The van der Waals surface area contributed by atoms with Gasteiger partial charge in [-0.25, -0.2) is 8.42 Å². The highest BCUT2D eigenvalue weighted by Crippen LogP contribution is 2.24. The number of nitrogens with one attached hydrogen (secondary N) is 1. The summed E-state index contributed by atoms with van der Waals surface area (Å²) < 4.78 is 34.8. The van der Waals surface area contributed by atoms with E-state index in [0.29, 0.717) is 43.1 Å². The van der Waals surface area contributed by atoms with Gasteiger partial charge in [0.1, 0.15) is 0 Å². The molecule has 1 aromatic heterocycles. The Hall–Kier alpha value is -2.68. The van der Waals surface area contributed by atoms with Crippen molar-refractivity contribution in [3.8, 4) is 0 Å². The summed E-state index contributed by atoms with van der Waals surface area (Å²) in [5.41, 5.74) is 2.86. The molecule has 0 aliphatic carbocycles. The van der Waals surface area contributed by atoms with E-state index < -0.39 is 10.0 Å². The summed E-state index contributed by atoms with van der Waals surface area (Å²) in [6.07, 6.45) is 3.09. The zero-order chi connectivity index (χ0) is 22.0. The maximum atomic E-state index is 13.0. The highest BCUT2D eigenvalue weighted by molar-refractivity contribution is 7.89. The fourth-order valence-corrected chi connectivity index (χ4v) is 5.29. The lowest BCUT2D eigenvalue weighted by Gasteiger charge is -2.26. The summed E-state index contributed by atoms with van der Waals surface area (Å²) in [7, 11) is -3.67. The molecular weight excluding hydrogens is 414 g/mol. The molecule has 1 saturated heterocycles. The van der Waals surface area contributed by atoms with E-state index in [1.165, 1.54) is 10.4 Å². The second-order valence-electron chi connectivity index (χ2n) is 7.73. The first kappa shape index (κ1) is 21.5. The van der Waals surface area contributed by atoms with Crippen LogP contribution >= 0.6 is 0 Å². The maximum Gasteiger partial charge on any atom is 0.255 e. The van der Waals surface area contributed by atoms with Crippen molar-refractivity contribution in [2.24, 2.45) is 0 Å². The zero-order valence-corrected chi connectivity index (χ0v) is 18.6. The first-order valence-corrected chi connectivity index (χ1v) is 11.9. The molecule has 1 fully saturated rings. The van der Waals surface area contributed by atoms with Crippen LogP contribution in [-0.2, 0) is 21.3 Å². The molecular formula is C23H27N3O4S. The number of fused-ring (bicyclic) bond motifs is 1. The van der Waals surface area contributed by atoms with E-state index in [0.717, 1.165) is 23.9 Å². The molecule has 0 saturated carbocycles. The summed E-state index contributed by atoms with van der Waals surface area (Å²) in [5, 5.41) is 3.96. The van der Waals surface area contributed by atoms with Crippen molar-refractivity contribution in [3.63, 3.8) is 0 Å². The van der Waals surface area contributed by atoms with Gasteiger partial charge < -0.3 is 14.6 Å². The molecule has 1 amide bonds. The van der Waals surface area contributed by atoms with Gasteiger partial charge in [0, 0.05) is 48.0 Å². The van der Waals surface area contributed by atoms with E-state index in [-0.39, 0.29) is 10.8 Å². The largest absolute Gasteiger partial charge is 0.379 e. The summed E-state index contributed by atoms with van der Waals surface area (Å²) in [4.78, 5) is 13.1. The highest BCUT2D eigenvalue weighted by atomic mass is 32.2. The Kier molecular flexibility index (Phi) is 6.13. The van der Waals surface area contributed by atoms with Crippen LogP contribution in [0.1, 0.15) is 29.3 Å². The van der Waals surface area contributed by atoms with Crippen LogP contribution in [0.25, 0.3) is 10.9 Å². The maximum absolute atomic E-state index is 13.0. The Balaban J connectivity index is 1.58. The fourth-order valence-electron chi connectivity index (χ4n) is 3.85. The van der Waals surface area contributed by atoms with E-state index in [9.17, 15) is 13.2 Å². The van der Waals surface area contributed by atoms with Crippen molar-refractivity contribution < 1.29 is 17.9 Å². The average molecular weight is 442 g/mol. The van der Waals surface area contributed by atoms with Crippen LogP contribution in [0, 0.1) is 6.92 Å². The van der Waals surface area contributed by atoms with Crippen molar-refractivity contribution in [2.45, 2.75) is 31.7 Å². The van der Waals surface area contributed by atoms with Gasteiger partial charge in [-0.05, 0) is 55.3 Å². The van der Waals surface area contributed by atoms with Crippen molar-refractivity contribution in [1.29, 1.82) is 0 Å². The minimum atomic E-state index is -3.67. The smallest absolute Gasteiger partial charge is 0.255 e. The number of nitrogens with zero attached hydrogens (tertiary/aromatic N) is 2. The van der Waals surface area contributed by atoms with Gasteiger partial charge in [-0.1, -0.05) is 13.0 Å². The van der Waals surface area contributed by atoms with Gasteiger partial charge in [0.2, 0.25) is 10.0 Å². The van der Waals surface area contributed by atoms with Gasteiger partial charge in [-0.3, -0.25) is 4.79 Å². The van der Waals surface area contributed by atoms with Crippen molar-refractivity contribution >= 4 is 32.5 Å². The number of ether oxygens (including phenoxy) is 1. The molecule has 2 heterocycles. The van der Waals surface area contributed by atoms with Gasteiger partial charge in [0.15, 0.2) is 0 Å². The van der Waals surface area contributed by atoms with Crippen molar-refractivity contribution in [3.05, 3.63) is 59.8 Å². The Bertz CT molecular complexity index is 1210. The second kappa shape index (κ2) is 8.82. The highest BCUT2D eigenvalue weighted by Gasteiger charge is 2.27. The number of amides is 1. The van der Waals surface area contributed by atoms with Gasteiger partial charge in [0.05, 0.1) is 18.1 Å². The predicted octanol–water partition coefficient (Wildman–Crippen LogP) is 3.63. The second-order valence-corrected chi connectivity index (χ2v) is 9.67. The average Bonchev–Trinajstić information content (AvgIpc) is 3.17. The molecule has 1 aliphatic heterocycles. The molecule has 0 unspecified atom stereocenters. The predicted molar refractivity (Wildman–Crippen MR) is 121 cm³/mol. The van der Waals surface area contributed by atoms with E-state index in [1.807, 2.05) is 30.5 Å². The van der Waals surface area contributed by atoms with Crippen LogP contribution in [0.2, 0.25) is 0 Å². The molecule has 0 radical (unpaired) electrons. The van der Waals surface area contributed by atoms with E-state index >= 15 is 0 Å². The molecule has 0 atom stereocenters. The quantitative estimate of drug-likeness (QED) is 0.633. The third-order valence-corrected chi connectivity index (χ3v) is 7.45. The third kappa shape index (κ3) is 4.37. The molecule has 3 aromatic rings. The van der Waals surface area contributed by atoms with E-state index in [2.05, 4.69) is 16.8 Å². The number of sulfonamides is 1. The lowest BCUT2D eigenvalue weighted by Crippen LogP contribution is -2.40. The minimum Gasteiger partial charge on any atom is -0.379 e. The summed E-state index contributed by atoms with van der Waals surface area (Å²) >= 11 is 0. The molecule has 31 heavy (non-hydrogen) atoms. The topological polar surface area (TPSA) is 80.6 Å². The first-order valence-electron chi connectivity index (χ1n) is 10.5. The van der Waals surface area contributed by atoms with Crippen LogP contribution in [0.4, 0.5) is 5.69 Å². The van der Waals surface area contributed by atoms with Crippen molar-refractivity contribution in [2.75, 3.05) is 31.6 Å². The molecule has 8 heteroatoms. The monoisotopic (exact) mass is 441 g/mol. The minimum absolute atomic E-state index is 0.122. The van der Waals surface area contributed by atoms with Gasteiger partial charge in [0.25, 0.3) is 5.91 Å². The van der Waals surface area contributed by atoms with E-state index in [1.54, 1.807) is 19.1 Å². The number of hydrogen-bond acceptors (Lipinski definition) is 4. The summed E-state index contributed by atoms with van der Waals surface area (Å²) in [6.45, 7) is 6.26. The van der Waals surface area contributed by atoms with Crippen LogP contribution in [0.15, 0.2) is 53.6 Å². The summed E-state index contributed by atoms with van der Waals surface area (Å²) in [6, 6.07) is 12.5. The molecule has 164 valence electrons. The Morgan fingerprint density at radius 1 is 1.10 bits per heavy atom. The fraction of sp³-hybridized carbons (Fsp3) is 0.348. The van der Waals surface area contributed by atoms with Gasteiger partial charge in [-0.2, -0.15) is 4.31 Å². The summed E-state index contributed by atoms with van der Waals surface area (Å²) in [5.74, 6) is -0.330. The number of aromatic nitrogens is 1. The van der Waals surface area contributed by atoms with Crippen LogP contribution < -0.4 is 5.32 Å². The lowest BCUT2D eigenvalue weighted by atomic mass is 10.1. The van der Waals surface area contributed by atoms with Crippen LogP contribution in [0.5, 0.6) is 0 Å². The Morgan fingerprint density at radius 2 is 1.87 bits per heavy atom. The standard InChI is InChI=1S/C23H27N3O4S/c1-3-9-25-10-8-18-15-19(5-7-22(18)25)24-23(27)21-16-20(6-4-17(21)2)31(28,29)26-11-13-30-14-12-26/h4-8,10,15-16H,3,9,11-14H2,1-2H3,(H,24,27). The molecule has 1 N–H and O–H groups in total. The van der Waals surface area contributed by atoms with Crippen molar-refractivity contribution in [1.82, 2.24) is 8.87 Å².